The van der Waals surface area contributed by atoms with Gasteiger partial charge < -0.3 is 34.5 Å². The van der Waals surface area contributed by atoms with Crippen molar-refractivity contribution >= 4 is 13.6 Å². The molecule has 1 saturated heterocycles. The second kappa shape index (κ2) is 9.26. The molecule has 0 radical (unpaired) electrons. The van der Waals surface area contributed by atoms with Crippen molar-refractivity contribution in [3.05, 3.63) is 22.7 Å². The van der Waals surface area contributed by atoms with Crippen molar-refractivity contribution in [3.8, 4) is 0 Å². The Balaban J connectivity index is 0.00000220. The first-order valence-corrected chi connectivity index (χ1v) is 7.07. The standard InChI is InChI=1S/C9H14N3O7P.2Na/c10-7-1-2-12(9(14)11-7)8-3-5(6(4-13)18-8)19-20(15,16)17;;/h1-2,5-6,8,13H,3-4H2,(H2,10,11,14)(H2,15,16,17);;/q;2*+1/p-2/t5-,6+,8+;;/m0../s1. The summed E-state index contributed by atoms with van der Waals surface area (Å²) in [6.45, 7) is -0.557. The number of hydrogen-bond acceptors (Lipinski definition) is 9. The molecule has 22 heavy (non-hydrogen) atoms. The Kier molecular flexibility index (Phi) is 9.56. The van der Waals surface area contributed by atoms with E-state index in [1.165, 1.54) is 12.3 Å². The molecule has 0 amide bonds. The van der Waals surface area contributed by atoms with Gasteiger partial charge in [-0.15, -0.1) is 0 Å². The molecule has 1 aliphatic heterocycles. The first-order chi connectivity index (χ1) is 9.30. The topological polar surface area (TPSA) is 163 Å². The van der Waals surface area contributed by atoms with E-state index in [1.807, 2.05) is 0 Å². The number of nitrogens with two attached hydrogens (primary N) is 1. The molecular weight excluding hydrogens is 339 g/mol. The minimum absolute atomic E-state index is 0. The quantitative estimate of drug-likeness (QED) is 0.396. The smallest absolute Gasteiger partial charge is 0.790 e. The van der Waals surface area contributed by atoms with Crippen LogP contribution in [0.25, 0.3) is 0 Å². The molecule has 0 aromatic carbocycles. The summed E-state index contributed by atoms with van der Waals surface area (Å²) in [6, 6.07) is 1.36. The predicted molar refractivity (Wildman–Crippen MR) is 61.0 cm³/mol. The van der Waals surface area contributed by atoms with Crippen LogP contribution in [0.5, 0.6) is 0 Å². The largest absolute Gasteiger partial charge is 1.00 e. The Bertz CT molecular complexity index is 595. The number of ether oxygens (including phenoxy) is 1. The van der Waals surface area contributed by atoms with Crippen molar-refractivity contribution in [1.82, 2.24) is 9.55 Å². The van der Waals surface area contributed by atoms with E-state index in [4.69, 9.17) is 15.6 Å². The first kappa shape index (κ1) is 22.7. The van der Waals surface area contributed by atoms with Gasteiger partial charge in [0.05, 0.1) is 20.5 Å². The summed E-state index contributed by atoms with van der Waals surface area (Å²) in [5.74, 6) is 0.0272. The maximum absolute atomic E-state index is 11.6. The molecule has 3 N–H and O–H groups in total. The van der Waals surface area contributed by atoms with Gasteiger partial charge in [-0.3, -0.25) is 4.57 Å². The van der Waals surface area contributed by atoms with Crippen LogP contribution in [0.4, 0.5) is 5.82 Å². The number of aromatic nitrogens is 2. The third kappa shape index (κ3) is 5.97. The maximum Gasteiger partial charge on any atom is 1.00 e. The van der Waals surface area contributed by atoms with E-state index in [1.54, 1.807) is 0 Å². The molecule has 1 fully saturated rings. The van der Waals surface area contributed by atoms with E-state index < -0.39 is 38.6 Å². The van der Waals surface area contributed by atoms with E-state index in [0.29, 0.717) is 0 Å². The fraction of sp³-hybridized carbons (Fsp3) is 0.556. The summed E-state index contributed by atoms with van der Waals surface area (Å²) >= 11 is 0. The van der Waals surface area contributed by atoms with Crippen LogP contribution in [0.15, 0.2) is 17.1 Å². The minimum Gasteiger partial charge on any atom is -0.790 e. The number of nitrogens with zero attached hydrogens (tertiary/aromatic N) is 2. The number of phosphoric acid groups is 1. The van der Waals surface area contributed by atoms with Crippen LogP contribution in [-0.2, 0) is 13.8 Å². The van der Waals surface area contributed by atoms with Crippen molar-refractivity contribution in [1.29, 1.82) is 0 Å². The number of hydrogen-bond donors (Lipinski definition) is 2. The van der Waals surface area contributed by atoms with Crippen LogP contribution in [0.1, 0.15) is 12.6 Å². The molecule has 1 aliphatic rings. The minimum atomic E-state index is -5.22. The zero-order chi connectivity index (χ0) is 14.9. The average molecular weight is 351 g/mol. The normalized spacial score (nSPS) is 24.4. The van der Waals surface area contributed by atoms with Gasteiger partial charge >= 0.3 is 64.8 Å². The summed E-state index contributed by atoms with van der Waals surface area (Å²) in [5.41, 5.74) is 4.65. The van der Waals surface area contributed by atoms with E-state index >= 15 is 0 Å². The molecule has 1 aromatic rings. The SMILES string of the molecule is Nc1ccn([C@H]2C[C@H](OP(=O)([O-])[O-])[C@@H](CO)O2)c(=O)n1.[Na+].[Na+]. The zero-order valence-corrected chi connectivity index (χ0v) is 17.0. The molecule has 2 heterocycles. The third-order valence-corrected chi connectivity index (χ3v) is 3.32. The summed E-state index contributed by atoms with van der Waals surface area (Å²) < 4.78 is 21.3. The van der Waals surface area contributed by atoms with E-state index in [0.717, 1.165) is 4.57 Å². The number of anilines is 1. The molecule has 2 rings (SSSR count). The Morgan fingerprint density at radius 1 is 1.55 bits per heavy atom. The van der Waals surface area contributed by atoms with Crippen molar-refractivity contribution in [2.45, 2.75) is 24.9 Å². The zero-order valence-electron chi connectivity index (χ0n) is 12.1. The average Bonchev–Trinajstić information content (AvgIpc) is 2.69. The van der Waals surface area contributed by atoms with Crippen molar-refractivity contribution in [2.24, 2.45) is 0 Å². The molecule has 1 aromatic heterocycles. The third-order valence-electron chi connectivity index (χ3n) is 2.79. The van der Waals surface area contributed by atoms with Crippen LogP contribution in [-0.4, -0.2) is 33.5 Å². The predicted octanol–water partition coefficient (Wildman–Crippen LogP) is -8.67. The molecule has 0 aliphatic carbocycles. The number of phosphoric ester groups is 1. The fourth-order valence-corrected chi connectivity index (χ4v) is 2.51. The molecular formula is C9H12N3Na2O7P. The van der Waals surface area contributed by atoms with Crippen LogP contribution in [0.2, 0.25) is 0 Å². The van der Waals surface area contributed by atoms with Gasteiger partial charge in [0.2, 0.25) is 0 Å². The Morgan fingerprint density at radius 3 is 2.68 bits per heavy atom. The van der Waals surface area contributed by atoms with Crippen molar-refractivity contribution in [3.63, 3.8) is 0 Å². The van der Waals surface area contributed by atoms with E-state index in [9.17, 15) is 19.1 Å². The van der Waals surface area contributed by atoms with Gasteiger partial charge in [0.1, 0.15) is 18.1 Å². The number of aliphatic hydroxyl groups excluding tert-OH is 1. The second-order valence-corrected chi connectivity index (χ2v) is 5.29. The summed E-state index contributed by atoms with van der Waals surface area (Å²) in [6.07, 6.45) is -1.86. The van der Waals surface area contributed by atoms with Crippen LogP contribution in [0, 0.1) is 0 Å². The van der Waals surface area contributed by atoms with Gasteiger partial charge in [0.25, 0.3) is 0 Å². The van der Waals surface area contributed by atoms with Gasteiger partial charge in [0, 0.05) is 12.6 Å². The van der Waals surface area contributed by atoms with Crippen molar-refractivity contribution in [2.75, 3.05) is 12.3 Å². The monoisotopic (exact) mass is 351 g/mol. The molecule has 3 atom stereocenters. The van der Waals surface area contributed by atoms with Crippen molar-refractivity contribution < 1.29 is 87.8 Å². The Morgan fingerprint density at radius 2 is 2.18 bits per heavy atom. The van der Waals surface area contributed by atoms with Gasteiger partial charge in [0.15, 0.2) is 0 Å². The summed E-state index contributed by atoms with van der Waals surface area (Å²) in [5, 5.41) is 9.09. The number of aliphatic hydroxyl groups is 1. The molecule has 0 spiro atoms. The molecule has 13 heteroatoms. The first-order valence-electron chi connectivity index (χ1n) is 5.61. The Hall–Kier alpha value is 0.710. The number of rotatable bonds is 4. The van der Waals surface area contributed by atoms with E-state index in [-0.39, 0.29) is 71.4 Å². The van der Waals surface area contributed by atoms with Gasteiger partial charge in [-0.1, -0.05) is 0 Å². The van der Waals surface area contributed by atoms with Gasteiger partial charge in [-0.25, -0.2) is 4.79 Å². The fourth-order valence-electron chi connectivity index (χ4n) is 1.96. The molecule has 10 nitrogen and oxygen atoms in total. The van der Waals surface area contributed by atoms with Crippen LogP contribution >= 0.6 is 7.82 Å². The van der Waals surface area contributed by atoms with Crippen LogP contribution in [0.3, 0.4) is 0 Å². The molecule has 0 saturated carbocycles. The summed E-state index contributed by atoms with van der Waals surface area (Å²) in [4.78, 5) is 36.4. The van der Waals surface area contributed by atoms with Gasteiger partial charge in [-0.2, -0.15) is 4.98 Å². The van der Waals surface area contributed by atoms with Gasteiger partial charge in [-0.05, 0) is 6.07 Å². The maximum atomic E-state index is 11.6. The molecule has 0 unspecified atom stereocenters. The molecule has 0 bridgehead atoms. The van der Waals surface area contributed by atoms with E-state index in [2.05, 4.69) is 9.51 Å². The number of nitrogen functional groups attached to an aromatic ring is 1. The summed E-state index contributed by atoms with van der Waals surface area (Å²) in [7, 11) is -5.22. The Labute approximate surface area is 169 Å². The second-order valence-electron chi connectivity index (χ2n) is 4.18. The van der Waals surface area contributed by atoms with Crippen LogP contribution < -0.4 is 80.3 Å². The molecule has 112 valence electrons.